The van der Waals surface area contributed by atoms with Gasteiger partial charge in [-0.15, -0.1) is 0 Å². The number of nitrogens with two attached hydrogens (primary N) is 1. The predicted octanol–water partition coefficient (Wildman–Crippen LogP) is 2.81. The van der Waals surface area contributed by atoms with Crippen molar-refractivity contribution < 1.29 is 13.3 Å². The first-order valence-electron chi connectivity index (χ1n) is 6.95. The van der Waals surface area contributed by atoms with Crippen LogP contribution < -0.4 is 10.5 Å². The van der Waals surface area contributed by atoms with Crippen LogP contribution in [0.25, 0.3) is 0 Å². The second kappa shape index (κ2) is 6.76. The molecule has 23 heavy (non-hydrogen) atoms. The summed E-state index contributed by atoms with van der Waals surface area (Å²) in [7, 11) is -3.76. The number of primary sulfonamides is 1. The van der Waals surface area contributed by atoms with Crippen molar-refractivity contribution in [1.29, 1.82) is 0 Å². The zero-order chi connectivity index (χ0) is 17.0. The third-order valence-electron chi connectivity index (χ3n) is 3.42. The van der Waals surface area contributed by atoms with Crippen LogP contribution in [0.5, 0.6) is 0 Å². The predicted molar refractivity (Wildman–Crippen MR) is 87.6 cm³/mol. The van der Waals surface area contributed by atoms with Crippen molar-refractivity contribution in [1.82, 2.24) is 0 Å². The van der Waals surface area contributed by atoms with Crippen LogP contribution in [0, 0.1) is 10.1 Å². The molecule has 0 bridgehead atoms. The molecular formula is C15H17N3O4S. The Bertz CT molecular complexity index is 804. The van der Waals surface area contributed by atoms with E-state index in [-0.39, 0.29) is 16.6 Å². The molecule has 3 N–H and O–H groups in total. The molecule has 8 heteroatoms. The summed E-state index contributed by atoms with van der Waals surface area (Å²) in [4.78, 5) is 10.3. The van der Waals surface area contributed by atoms with Crippen molar-refractivity contribution >= 4 is 21.4 Å². The van der Waals surface area contributed by atoms with E-state index in [1.54, 1.807) is 24.3 Å². The maximum atomic E-state index is 11.4. The largest absolute Gasteiger partial charge is 0.378 e. The number of hydrogen-bond acceptors (Lipinski definition) is 5. The van der Waals surface area contributed by atoms with Crippen molar-refractivity contribution in [3.63, 3.8) is 0 Å². The maximum Gasteiger partial charge on any atom is 0.269 e. The van der Waals surface area contributed by atoms with Crippen LogP contribution in [0.1, 0.15) is 24.9 Å². The van der Waals surface area contributed by atoms with Crippen LogP contribution in [0.4, 0.5) is 11.4 Å². The Hall–Kier alpha value is -2.45. The molecule has 0 aromatic heterocycles. The summed E-state index contributed by atoms with van der Waals surface area (Å²) >= 11 is 0. The lowest BCUT2D eigenvalue weighted by atomic mass is 10.0. The van der Waals surface area contributed by atoms with Crippen LogP contribution in [0.2, 0.25) is 0 Å². The molecule has 7 nitrogen and oxygen atoms in total. The maximum absolute atomic E-state index is 11.4. The number of anilines is 1. The number of rotatable bonds is 6. The summed E-state index contributed by atoms with van der Waals surface area (Å²) in [6.45, 7) is 1.95. The Labute approximate surface area is 134 Å². The van der Waals surface area contributed by atoms with Crippen molar-refractivity contribution in [3.8, 4) is 0 Å². The van der Waals surface area contributed by atoms with Crippen LogP contribution in [-0.4, -0.2) is 13.3 Å². The number of nitro groups is 1. The second-order valence-corrected chi connectivity index (χ2v) is 6.59. The first kappa shape index (κ1) is 16.9. The van der Waals surface area contributed by atoms with E-state index in [0.717, 1.165) is 5.56 Å². The number of nitro benzene ring substituents is 1. The highest BCUT2D eigenvalue weighted by Crippen LogP contribution is 2.25. The molecular weight excluding hydrogens is 318 g/mol. The monoisotopic (exact) mass is 335 g/mol. The highest BCUT2D eigenvalue weighted by atomic mass is 32.2. The number of nitrogens with one attached hydrogen (secondary N) is 1. The SMILES string of the molecule is CC[C@@H](Nc1ccc([N+](=O)[O-])cc1)c1cccc(S(N)(=O)=O)c1. The molecule has 0 unspecified atom stereocenters. The van der Waals surface area contributed by atoms with Gasteiger partial charge in [-0.3, -0.25) is 10.1 Å². The molecule has 0 aliphatic rings. The van der Waals surface area contributed by atoms with Crippen molar-refractivity contribution in [2.24, 2.45) is 5.14 Å². The first-order valence-corrected chi connectivity index (χ1v) is 8.49. The Morgan fingerprint density at radius 3 is 2.39 bits per heavy atom. The first-order chi connectivity index (χ1) is 10.8. The molecule has 2 rings (SSSR count). The summed E-state index contributed by atoms with van der Waals surface area (Å²) in [5.41, 5.74) is 1.50. The average Bonchev–Trinajstić information content (AvgIpc) is 2.52. The molecule has 0 heterocycles. The normalized spacial score (nSPS) is 12.6. The quantitative estimate of drug-likeness (QED) is 0.622. The smallest absolute Gasteiger partial charge is 0.269 e. The van der Waals surface area contributed by atoms with E-state index in [1.165, 1.54) is 24.3 Å². The minimum atomic E-state index is -3.76. The minimum Gasteiger partial charge on any atom is -0.378 e. The van der Waals surface area contributed by atoms with Crippen molar-refractivity contribution in [3.05, 3.63) is 64.2 Å². The average molecular weight is 335 g/mol. The molecule has 0 fully saturated rings. The van der Waals surface area contributed by atoms with Gasteiger partial charge in [0, 0.05) is 17.8 Å². The summed E-state index contributed by atoms with van der Waals surface area (Å²) in [5, 5.41) is 19.0. The van der Waals surface area contributed by atoms with Crippen molar-refractivity contribution in [2.45, 2.75) is 24.3 Å². The zero-order valence-electron chi connectivity index (χ0n) is 12.5. The van der Waals surface area contributed by atoms with E-state index in [2.05, 4.69) is 5.32 Å². The van der Waals surface area contributed by atoms with Crippen LogP contribution in [0.15, 0.2) is 53.4 Å². The fraction of sp³-hybridized carbons (Fsp3) is 0.200. The summed E-state index contributed by atoms with van der Waals surface area (Å²) in [5.74, 6) is 0. The number of sulfonamides is 1. The topological polar surface area (TPSA) is 115 Å². The summed E-state index contributed by atoms with van der Waals surface area (Å²) in [6, 6.07) is 12.3. The van der Waals surface area contributed by atoms with E-state index in [9.17, 15) is 18.5 Å². The fourth-order valence-electron chi connectivity index (χ4n) is 2.21. The van der Waals surface area contributed by atoms with E-state index in [4.69, 9.17) is 5.14 Å². The highest BCUT2D eigenvalue weighted by molar-refractivity contribution is 7.89. The van der Waals surface area contributed by atoms with Crippen molar-refractivity contribution in [2.75, 3.05) is 5.32 Å². The zero-order valence-corrected chi connectivity index (χ0v) is 13.3. The van der Waals surface area contributed by atoms with Gasteiger partial charge < -0.3 is 5.32 Å². The molecule has 0 amide bonds. The Morgan fingerprint density at radius 2 is 1.87 bits per heavy atom. The number of nitrogens with zero attached hydrogens (tertiary/aromatic N) is 1. The van der Waals surface area contributed by atoms with Gasteiger partial charge in [0.25, 0.3) is 5.69 Å². The molecule has 0 spiro atoms. The molecule has 0 saturated carbocycles. The minimum absolute atomic E-state index is 0.0137. The number of benzene rings is 2. The van der Waals surface area contributed by atoms with Crippen LogP contribution in [-0.2, 0) is 10.0 Å². The molecule has 2 aromatic rings. The molecule has 0 aliphatic carbocycles. The van der Waals surface area contributed by atoms with E-state index in [0.29, 0.717) is 12.1 Å². The van der Waals surface area contributed by atoms with Gasteiger partial charge in [-0.2, -0.15) is 0 Å². The van der Waals surface area contributed by atoms with Gasteiger partial charge in [0.15, 0.2) is 0 Å². The highest BCUT2D eigenvalue weighted by Gasteiger charge is 2.14. The molecule has 0 aliphatic heterocycles. The lowest BCUT2D eigenvalue weighted by Gasteiger charge is -2.19. The Morgan fingerprint density at radius 1 is 1.22 bits per heavy atom. The molecule has 2 aromatic carbocycles. The van der Waals surface area contributed by atoms with Gasteiger partial charge in [-0.25, -0.2) is 13.6 Å². The number of non-ortho nitro benzene ring substituents is 1. The third kappa shape index (κ3) is 4.27. The van der Waals surface area contributed by atoms with Gasteiger partial charge in [0.1, 0.15) is 0 Å². The summed E-state index contributed by atoms with van der Waals surface area (Å²) in [6.07, 6.45) is 0.699. The van der Waals surface area contributed by atoms with Gasteiger partial charge in [0.2, 0.25) is 10.0 Å². The number of hydrogen-bond donors (Lipinski definition) is 2. The van der Waals surface area contributed by atoms with E-state index in [1.807, 2.05) is 6.92 Å². The summed E-state index contributed by atoms with van der Waals surface area (Å²) < 4.78 is 22.9. The van der Waals surface area contributed by atoms with Gasteiger partial charge in [-0.05, 0) is 36.2 Å². The Balaban J connectivity index is 2.25. The van der Waals surface area contributed by atoms with Crippen LogP contribution in [0.3, 0.4) is 0 Å². The van der Waals surface area contributed by atoms with E-state index >= 15 is 0 Å². The molecule has 1 atom stereocenters. The lowest BCUT2D eigenvalue weighted by Crippen LogP contribution is -2.14. The van der Waals surface area contributed by atoms with Gasteiger partial charge in [0.05, 0.1) is 15.9 Å². The second-order valence-electron chi connectivity index (χ2n) is 5.03. The third-order valence-corrected chi connectivity index (χ3v) is 4.33. The molecule has 122 valence electrons. The van der Waals surface area contributed by atoms with Gasteiger partial charge >= 0.3 is 0 Å². The Kier molecular flexibility index (Phi) is 4.97. The molecule has 0 saturated heterocycles. The lowest BCUT2D eigenvalue weighted by molar-refractivity contribution is -0.384. The fourth-order valence-corrected chi connectivity index (χ4v) is 2.78. The standard InChI is InChI=1S/C15H17N3O4S/c1-2-15(11-4-3-5-14(10-11)23(16,21)22)17-12-6-8-13(9-7-12)18(19)20/h3-10,15,17H,2H2,1H3,(H2,16,21,22)/t15-/m1/s1. The van der Waals surface area contributed by atoms with Crippen LogP contribution >= 0.6 is 0 Å². The molecule has 0 radical (unpaired) electrons. The van der Waals surface area contributed by atoms with Gasteiger partial charge in [-0.1, -0.05) is 19.1 Å². The van der Waals surface area contributed by atoms with E-state index < -0.39 is 14.9 Å².